The van der Waals surface area contributed by atoms with E-state index in [1.807, 2.05) is 0 Å². The van der Waals surface area contributed by atoms with Crippen molar-refractivity contribution >= 4 is 17.3 Å². The predicted octanol–water partition coefficient (Wildman–Crippen LogP) is 3.27. The molecule has 0 fully saturated rings. The Kier molecular flexibility index (Phi) is 5.09. The van der Waals surface area contributed by atoms with Crippen molar-refractivity contribution in [3.8, 4) is 5.75 Å². The van der Waals surface area contributed by atoms with Crippen LogP contribution in [0.1, 0.15) is 12.8 Å². The summed E-state index contributed by atoms with van der Waals surface area (Å²) < 4.78 is 31.4. The van der Waals surface area contributed by atoms with Crippen molar-refractivity contribution in [3.63, 3.8) is 0 Å². The number of unbranched alkanes of at least 4 members (excludes halogenated alkanes) is 1. The van der Waals surface area contributed by atoms with Gasteiger partial charge < -0.3 is 4.74 Å². The van der Waals surface area contributed by atoms with Crippen LogP contribution >= 0.6 is 11.6 Å². The van der Waals surface area contributed by atoms with Crippen LogP contribution in [0.3, 0.4) is 0 Å². The molecule has 94 valence electrons. The van der Waals surface area contributed by atoms with Crippen molar-refractivity contribution in [2.75, 3.05) is 12.5 Å². The summed E-state index contributed by atoms with van der Waals surface area (Å²) in [4.78, 5) is 9.34. The van der Waals surface area contributed by atoms with Gasteiger partial charge in [0.25, 0.3) is 0 Å². The highest BCUT2D eigenvalue weighted by Crippen LogP contribution is 2.26. The molecule has 1 aromatic carbocycles. The molecular weight excluding hydrogens is 256 g/mol. The first-order valence-electron chi connectivity index (χ1n) is 4.88. The van der Waals surface area contributed by atoms with Crippen molar-refractivity contribution in [1.29, 1.82) is 0 Å². The molecule has 0 radical (unpaired) electrons. The molecule has 0 aliphatic heterocycles. The quantitative estimate of drug-likeness (QED) is 0.343. The number of ether oxygens (including phenoxy) is 1. The average Bonchev–Trinajstić information content (AvgIpc) is 2.28. The van der Waals surface area contributed by atoms with Crippen molar-refractivity contribution in [3.05, 3.63) is 33.9 Å². The van der Waals surface area contributed by atoms with E-state index in [1.165, 1.54) is 0 Å². The second kappa shape index (κ2) is 6.34. The largest absolute Gasteiger partial charge is 0.490 e. The maximum atomic E-state index is 13.3. The Balaban J connectivity index is 2.74. The van der Waals surface area contributed by atoms with E-state index in [9.17, 15) is 18.9 Å². The van der Waals surface area contributed by atoms with Crippen molar-refractivity contribution < 1.29 is 18.4 Å². The summed E-state index contributed by atoms with van der Waals surface area (Å²) in [5.74, 6) is -1.95. The molecule has 0 amide bonds. The lowest BCUT2D eigenvalue weighted by molar-refractivity contribution is -0.387. The SMILES string of the molecule is O=[N+]([O-])c1cc(F)c(OCCCCCl)cc1F. The van der Waals surface area contributed by atoms with Gasteiger partial charge in [0.2, 0.25) is 5.82 Å². The summed E-state index contributed by atoms with van der Waals surface area (Å²) in [6.07, 6.45) is 1.29. The first-order valence-corrected chi connectivity index (χ1v) is 5.42. The molecule has 4 nitrogen and oxygen atoms in total. The molecule has 0 aliphatic carbocycles. The zero-order chi connectivity index (χ0) is 12.8. The number of benzene rings is 1. The fourth-order valence-electron chi connectivity index (χ4n) is 1.15. The minimum absolute atomic E-state index is 0.181. The second-order valence-electron chi connectivity index (χ2n) is 3.24. The van der Waals surface area contributed by atoms with Gasteiger partial charge in [-0.2, -0.15) is 4.39 Å². The molecule has 0 spiro atoms. The zero-order valence-corrected chi connectivity index (χ0v) is 9.54. The molecule has 0 saturated heterocycles. The molecule has 7 heteroatoms. The number of nitro benzene ring substituents is 1. The minimum Gasteiger partial charge on any atom is -0.490 e. The fourth-order valence-corrected chi connectivity index (χ4v) is 1.34. The lowest BCUT2D eigenvalue weighted by Gasteiger charge is -2.06. The summed E-state index contributed by atoms with van der Waals surface area (Å²) in [5.41, 5.74) is -0.907. The summed E-state index contributed by atoms with van der Waals surface area (Å²) in [6, 6.07) is 1.18. The topological polar surface area (TPSA) is 52.4 Å². The number of hydrogen-bond acceptors (Lipinski definition) is 3. The van der Waals surface area contributed by atoms with Crippen LogP contribution in [0.4, 0.5) is 14.5 Å². The minimum atomic E-state index is -1.12. The lowest BCUT2D eigenvalue weighted by Crippen LogP contribution is -2.02. The van der Waals surface area contributed by atoms with E-state index in [2.05, 4.69) is 0 Å². The molecule has 0 heterocycles. The molecule has 0 aromatic heterocycles. The Morgan fingerprint density at radius 3 is 2.59 bits per heavy atom. The predicted molar refractivity (Wildman–Crippen MR) is 58.5 cm³/mol. The highest BCUT2D eigenvalue weighted by atomic mass is 35.5. The molecule has 0 saturated carbocycles. The number of halogens is 3. The zero-order valence-electron chi connectivity index (χ0n) is 8.79. The molecular formula is C10H10ClF2NO3. The lowest BCUT2D eigenvalue weighted by atomic mass is 10.2. The van der Waals surface area contributed by atoms with Gasteiger partial charge in [-0.25, -0.2) is 4.39 Å². The molecule has 0 N–H and O–H groups in total. The third-order valence-electron chi connectivity index (χ3n) is 1.98. The number of nitro groups is 1. The first kappa shape index (κ1) is 13.6. The Hall–Kier alpha value is -1.43. The van der Waals surface area contributed by atoms with Crippen LogP contribution in [0.2, 0.25) is 0 Å². The van der Waals surface area contributed by atoms with E-state index in [-0.39, 0.29) is 12.4 Å². The maximum absolute atomic E-state index is 13.3. The van der Waals surface area contributed by atoms with Gasteiger partial charge in [0.05, 0.1) is 17.6 Å². The Morgan fingerprint density at radius 2 is 2.00 bits per heavy atom. The smallest absolute Gasteiger partial charge is 0.307 e. The average molecular weight is 266 g/mol. The molecule has 0 atom stereocenters. The third-order valence-corrected chi connectivity index (χ3v) is 2.25. The number of nitrogens with zero attached hydrogens (tertiary/aromatic N) is 1. The third kappa shape index (κ3) is 3.81. The van der Waals surface area contributed by atoms with Crippen molar-refractivity contribution in [1.82, 2.24) is 0 Å². The molecule has 17 heavy (non-hydrogen) atoms. The van der Waals surface area contributed by atoms with E-state index >= 15 is 0 Å². The maximum Gasteiger partial charge on any atom is 0.307 e. The fraction of sp³-hybridized carbons (Fsp3) is 0.400. The Bertz CT molecular complexity index is 415. The second-order valence-corrected chi connectivity index (χ2v) is 3.61. The van der Waals surface area contributed by atoms with Gasteiger partial charge in [0, 0.05) is 11.9 Å². The number of alkyl halides is 1. The summed E-state index contributed by atoms with van der Waals surface area (Å²) in [7, 11) is 0. The van der Waals surface area contributed by atoms with E-state index < -0.39 is 22.2 Å². The van der Waals surface area contributed by atoms with Crippen LogP contribution in [0.5, 0.6) is 5.75 Å². The standard InChI is InChI=1S/C10H10ClF2NO3/c11-3-1-2-4-17-10-6-7(12)9(14(15)16)5-8(10)13/h5-6H,1-4H2. The highest BCUT2D eigenvalue weighted by molar-refractivity contribution is 6.17. The summed E-state index contributed by atoms with van der Waals surface area (Å²) in [6.45, 7) is 0.181. The molecule has 0 aliphatic rings. The van der Waals surface area contributed by atoms with Gasteiger partial charge in [-0.1, -0.05) is 0 Å². The molecule has 1 rings (SSSR count). The van der Waals surface area contributed by atoms with Crippen LogP contribution in [0.15, 0.2) is 12.1 Å². The molecule has 0 unspecified atom stereocenters. The highest BCUT2D eigenvalue weighted by Gasteiger charge is 2.19. The van der Waals surface area contributed by atoms with Crippen molar-refractivity contribution in [2.45, 2.75) is 12.8 Å². The van der Waals surface area contributed by atoms with Gasteiger partial charge >= 0.3 is 5.69 Å². The van der Waals surface area contributed by atoms with Crippen molar-refractivity contribution in [2.24, 2.45) is 0 Å². The first-order chi connectivity index (χ1) is 8.06. The molecule has 0 bridgehead atoms. The normalized spacial score (nSPS) is 10.3. The Morgan fingerprint density at radius 1 is 1.29 bits per heavy atom. The van der Waals surface area contributed by atoms with Gasteiger partial charge in [0.1, 0.15) is 0 Å². The van der Waals surface area contributed by atoms with E-state index in [0.29, 0.717) is 30.9 Å². The summed E-state index contributed by atoms with van der Waals surface area (Å²) in [5, 5.41) is 10.3. The molecule has 1 aromatic rings. The number of hydrogen-bond donors (Lipinski definition) is 0. The van der Waals surface area contributed by atoms with E-state index in [0.717, 1.165) is 0 Å². The van der Waals surface area contributed by atoms with E-state index in [4.69, 9.17) is 16.3 Å². The van der Waals surface area contributed by atoms with Crippen LogP contribution in [-0.2, 0) is 0 Å². The van der Waals surface area contributed by atoms with Gasteiger partial charge in [0.15, 0.2) is 11.6 Å². The monoisotopic (exact) mass is 265 g/mol. The van der Waals surface area contributed by atoms with Gasteiger partial charge in [-0.3, -0.25) is 10.1 Å². The van der Waals surface area contributed by atoms with Crippen LogP contribution in [-0.4, -0.2) is 17.4 Å². The van der Waals surface area contributed by atoms with Gasteiger partial charge in [-0.05, 0) is 12.8 Å². The van der Waals surface area contributed by atoms with Crippen LogP contribution < -0.4 is 4.74 Å². The van der Waals surface area contributed by atoms with Crippen LogP contribution in [0, 0.1) is 21.7 Å². The number of rotatable bonds is 6. The van der Waals surface area contributed by atoms with E-state index in [1.54, 1.807) is 0 Å². The van der Waals surface area contributed by atoms with Gasteiger partial charge in [-0.15, -0.1) is 11.6 Å². The summed E-state index contributed by atoms with van der Waals surface area (Å²) >= 11 is 5.43. The Labute approximate surface area is 101 Å². The van der Waals surface area contributed by atoms with Crippen LogP contribution in [0.25, 0.3) is 0 Å².